The van der Waals surface area contributed by atoms with Gasteiger partial charge in [-0.05, 0) is 62.5 Å². The highest BCUT2D eigenvalue weighted by molar-refractivity contribution is 5.28. The molecule has 1 saturated heterocycles. The third kappa shape index (κ3) is 3.74. The number of phenols is 1. The Bertz CT molecular complexity index is 339. The van der Waals surface area contributed by atoms with Crippen LogP contribution in [0.4, 0.5) is 0 Å². The fourth-order valence-electron chi connectivity index (χ4n) is 2.82. The zero-order valence-electron chi connectivity index (χ0n) is 11.4. The lowest BCUT2D eigenvalue weighted by molar-refractivity contribution is 0.208. The van der Waals surface area contributed by atoms with Crippen LogP contribution in [0.1, 0.15) is 50.5 Å². The van der Waals surface area contributed by atoms with Crippen molar-refractivity contribution < 1.29 is 5.11 Å². The van der Waals surface area contributed by atoms with Crippen LogP contribution in [-0.4, -0.2) is 29.6 Å². The van der Waals surface area contributed by atoms with Gasteiger partial charge in [-0.15, -0.1) is 0 Å². The van der Waals surface area contributed by atoms with Gasteiger partial charge in [-0.3, -0.25) is 0 Å². The van der Waals surface area contributed by atoms with E-state index in [1.54, 1.807) is 0 Å². The van der Waals surface area contributed by atoms with E-state index in [0.717, 1.165) is 0 Å². The van der Waals surface area contributed by atoms with E-state index in [1.165, 1.54) is 57.3 Å². The van der Waals surface area contributed by atoms with Crippen LogP contribution in [0.25, 0.3) is 0 Å². The minimum absolute atomic E-state index is 0.371. The molecule has 1 aliphatic rings. The van der Waals surface area contributed by atoms with E-state index in [1.807, 2.05) is 12.1 Å². The third-order valence-electron chi connectivity index (χ3n) is 4.03. The molecule has 18 heavy (non-hydrogen) atoms. The first kappa shape index (κ1) is 13.4. The van der Waals surface area contributed by atoms with E-state index < -0.39 is 0 Å². The molecule has 1 aromatic carbocycles. The van der Waals surface area contributed by atoms with E-state index in [-0.39, 0.29) is 0 Å². The standard InChI is InChI=1S/C16H25NO/c1-2-3-4-11-17-12-9-15(10-13-17)14-5-7-16(18)8-6-14/h5-8,15,18H,2-4,9-13H2,1H3. The van der Waals surface area contributed by atoms with E-state index in [2.05, 4.69) is 24.0 Å². The first-order valence-electron chi connectivity index (χ1n) is 7.31. The number of phenolic OH excluding ortho intramolecular Hbond substituents is 1. The largest absolute Gasteiger partial charge is 0.508 e. The molecule has 2 rings (SSSR count). The summed E-state index contributed by atoms with van der Waals surface area (Å²) in [6.07, 6.45) is 6.54. The molecule has 0 radical (unpaired) electrons. The van der Waals surface area contributed by atoms with Crippen LogP contribution in [0.5, 0.6) is 5.75 Å². The first-order chi connectivity index (χ1) is 8.79. The maximum absolute atomic E-state index is 9.31. The highest BCUT2D eigenvalue weighted by Gasteiger charge is 2.19. The average Bonchev–Trinajstić information content (AvgIpc) is 2.41. The predicted molar refractivity (Wildman–Crippen MR) is 76.0 cm³/mol. The second-order valence-corrected chi connectivity index (χ2v) is 5.41. The Labute approximate surface area is 111 Å². The van der Waals surface area contributed by atoms with Gasteiger partial charge in [-0.2, -0.15) is 0 Å². The fourth-order valence-corrected chi connectivity index (χ4v) is 2.82. The summed E-state index contributed by atoms with van der Waals surface area (Å²) < 4.78 is 0. The van der Waals surface area contributed by atoms with Gasteiger partial charge >= 0.3 is 0 Å². The molecule has 0 saturated carbocycles. The van der Waals surface area contributed by atoms with Gasteiger partial charge in [0.1, 0.15) is 5.75 Å². The molecule has 2 nitrogen and oxygen atoms in total. The fraction of sp³-hybridized carbons (Fsp3) is 0.625. The lowest BCUT2D eigenvalue weighted by Crippen LogP contribution is -2.33. The third-order valence-corrected chi connectivity index (χ3v) is 4.03. The number of likely N-dealkylation sites (tertiary alicyclic amines) is 1. The summed E-state index contributed by atoms with van der Waals surface area (Å²) in [5.74, 6) is 1.06. The minimum Gasteiger partial charge on any atom is -0.508 e. The molecular formula is C16H25NO. The molecular weight excluding hydrogens is 222 g/mol. The van der Waals surface area contributed by atoms with E-state index in [0.29, 0.717) is 11.7 Å². The van der Waals surface area contributed by atoms with Crippen molar-refractivity contribution in [3.8, 4) is 5.75 Å². The quantitative estimate of drug-likeness (QED) is 0.801. The maximum Gasteiger partial charge on any atom is 0.115 e. The van der Waals surface area contributed by atoms with E-state index >= 15 is 0 Å². The number of rotatable bonds is 5. The molecule has 100 valence electrons. The van der Waals surface area contributed by atoms with Crippen molar-refractivity contribution in [2.45, 2.75) is 44.9 Å². The van der Waals surface area contributed by atoms with Gasteiger partial charge < -0.3 is 10.0 Å². The predicted octanol–water partition coefficient (Wildman–Crippen LogP) is 3.76. The molecule has 1 heterocycles. The van der Waals surface area contributed by atoms with Crippen LogP contribution in [0.15, 0.2) is 24.3 Å². The van der Waals surface area contributed by atoms with Gasteiger partial charge in [-0.25, -0.2) is 0 Å². The molecule has 0 atom stereocenters. The monoisotopic (exact) mass is 247 g/mol. The molecule has 0 aromatic heterocycles. The summed E-state index contributed by atoms with van der Waals surface area (Å²) in [7, 11) is 0. The summed E-state index contributed by atoms with van der Waals surface area (Å²) in [5.41, 5.74) is 1.39. The molecule has 1 aromatic rings. The number of unbranched alkanes of at least 4 members (excludes halogenated alkanes) is 2. The van der Waals surface area contributed by atoms with E-state index in [4.69, 9.17) is 0 Å². The lowest BCUT2D eigenvalue weighted by atomic mass is 9.89. The highest BCUT2D eigenvalue weighted by Crippen LogP contribution is 2.29. The van der Waals surface area contributed by atoms with Crippen LogP contribution < -0.4 is 0 Å². The summed E-state index contributed by atoms with van der Waals surface area (Å²) in [6, 6.07) is 7.77. The smallest absolute Gasteiger partial charge is 0.115 e. The Hall–Kier alpha value is -1.02. The lowest BCUT2D eigenvalue weighted by Gasteiger charge is -2.32. The van der Waals surface area contributed by atoms with Gasteiger partial charge in [-0.1, -0.05) is 31.9 Å². The van der Waals surface area contributed by atoms with Crippen LogP contribution in [0.3, 0.4) is 0 Å². The molecule has 0 amide bonds. The Balaban J connectivity index is 1.77. The maximum atomic E-state index is 9.31. The van der Waals surface area contributed by atoms with Crippen molar-refractivity contribution >= 4 is 0 Å². The first-order valence-corrected chi connectivity index (χ1v) is 7.31. The topological polar surface area (TPSA) is 23.5 Å². The zero-order valence-corrected chi connectivity index (χ0v) is 11.4. The van der Waals surface area contributed by atoms with E-state index in [9.17, 15) is 5.11 Å². The van der Waals surface area contributed by atoms with Crippen molar-refractivity contribution in [1.82, 2.24) is 4.90 Å². The molecule has 2 heteroatoms. The van der Waals surface area contributed by atoms with Crippen molar-refractivity contribution in [3.63, 3.8) is 0 Å². The summed E-state index contributed by atoms with van der Waals surface area (Å²) in [6.45, 7) is 6.00. The number of hydrogen-bond donors (Lipinski definition) is 1. The number of hydrogen-bond acceptors (Lipinski definition) is 2. The van der Waals surface area contributed by atoms with Gasteiger partial charge in [0.15, 0.2) is 0 Å². The average molecular weight is 247 g/mol. The van der Waals surface area contributed by atoms with Crippen molar-refractivity contribution in [2.24, 2.45) is 0 Å². The van der Waals surface area contributed by atoms with Crippen molar-refractivity contribution in [2.75, 3.05) is 19.6 Å². The zero-order chi connectivity index (χ0) is 12.8. The second kappa shape index (κ2) is 6.79. The Morgan fingerprint density at radius 3 is 2.39 bits per heavy atom. The molecule has 1 N–H and O–H groups in total. The molecule has 0 aliphatic carbocycles. The SMILES string of the molecule is CCCCCN1CCC(c2ccc(O)cc2)CC1. The van der Waals surface area contributed by atoms with Crippen molar-refractivity contribution in [3.05, 3.63) is 29.8 Å². The van der Waals surface area contributed by atoms with Gasteiger partial charge in [0.2, 0.25) is 0 Å². The number of piperidine rings is 1. The minimum atomic E-state index is 0.371. The number of nitrogens with zero attached hydrogens (tertiary/aromatic N) is 1. The Kier molecular flexibility index (Phi) is 5.06. The number of aromatic hydroxyl groups is 1. The van der Waals surface area contributed by atoms with Gasteiger partial charge in [0.05, 0.1) is 0 Å². The molecule has 1 aliphatic heterocycles. The normalized spacial score (nSPS) is 18.1. The highest BCUT2D eigenvalue weighted by atomic mass is 16.3. The molecule has 1 fully saturated rings. The second-order valence-electron chi connectivity index (χ2n) is 5.41. The van der Waals surface area contributed by atoms with Crippen LogP contribution >= 0.6 is 0 Å². The molecule has 0 bridgehead atoms. The van der Waals surface area contributed by atoms with Gasteiger partial charge in [0.25, 0.3) is 0 Å². The number of benzene rings is 1. The summed E-state index contributed by atoms with van der Waals surface area (Å²) in [4.78, 5) is 2.60. The van der Waals surface area contributed by atoms with Crippen LogP contribution in [0, 0.1) is 0 Å². The molecule has 0 unspecified atom stereocenters. The summed E-state index contributed by atoms with van der Waals surface area (Å²) >= 11 is 0. The Morgan fingerprint density at radius 2 is 1.78 bits per heavy atom. The van der Waals surface area contributed by atoms with Gasteiger partial charge in [0, 0.05) is 0 Å². The summed E-state index contributed by atoms with van der Waals surface area (Å²) in [5, 5.41) is 9.31. The Morgan fingerprint density at radius 1 is 1.11 bits per heavy atom. The molecule has 0 spiro atoms. The van der Waals surface area contributed by atoms with Crippen LogP contribution in [-0.2, 0) is 0 Å². The van der Waals surface area contributed by atoms with Crippen LogP contribution in [0.2, 0.25) is 0 Å². The van der Waals surface area contributed by atoms with Crippen molar-refractivity contribution in [1.29, 1.82) is 0 Å².